The molecule has 6 nitrogen and oxygen atoms in total. The average molecular weight is 404 g/mol. The van der Waals surface area contributed by atoms with Crippen LogP contribution in [0.15, 0.2) is 72.0 Å². The van der Waals surface area contributed by atoms with Crippen molar-refractivity contribution in [3.05, 3.63) is 78.2 Å². The molecule has 5 rings (SSSR count). The molecule has 1 aliphatic carbocycles. The van der Waals surface area contributed by atoms with E-state index in [-0.39, 0.29) is 0 Å². The predicted octanol–water partition coefficient (Wildman–Crippen LogP) is 4.08. The van der Waals surface area contributed by atoms with Gasteiger partial charge in [-0.05, 0) is 67.1 Å². The SMILES string of the molecule is O=S(=O)(Nc1ccc(-c2cn3cccnc3n2)cc1)c1ccc2c(c1)CCCC2. The maximum Gasteiger partial charge on any atom is 0.261 e. The molecule has 1 N–H and O–H groups in total. The summed E-state index contributed by atoms with van der Waals surface area (Å²) in [6.45, 7) is 0. The van der Waals surface area contributed by atoms with E-state index in [4.69, 9.17) is 0 Å². The lowest BCUT2D eigenvalue weighted by molar-refractivity contribution is 0.600. The highest BCUT2D eigenvalue weighted by Crippen LogP contribution is 2.26. The zero-order chi connectivity index (χ0) is 19.8. The van der Waals surface area contributed by atoms with Gasteiger partial charge in [0.2, 0.25) is 5.78 Å². The van der Waals surface area contributed by atoms with Gasteiger partial charge in [-0.25, -0.2) is 18.4 Å². The van der Waals surface area contributed by atoms with Gasteiger partial charge in [-0.2, -0.15) is 0 Å². The molecule has 0 bridgehead atoms. The molecule has 2 aromatic carbocycles. The summed E-state index contributed by atoms with van der Waals surface area (Å²) in [4.78, 5) is 9.02. The van der Waals surface area contributed by atoms with Crippen molar-refractivity contribution >= 4 is 21.5 Å². The summed E-state index contributed by atoms with van der Waals surface area (Å²) in [6, 6.07) is 14.5. The second kappa shape index (κ2) is 7.00. The molecule has 0 unspecified atom stereocenters. The number of nitrogens with one attached hydrogen (secondary N) is 1. The molecule has 1 aliphatic rings. The minimum Gasteiger partial charge on any atom is -0.291 e. The lowest BCUT2D eigenvalue weighted by Gasteiger charge is -2.17. The topological polar surface area (TPSA) is 76.4 Å². The predicted molar refractivity (Wildman–Crippen MR) is 112 cm³/mol. The van der Waals surface area contributed by atoms with E-state index in [0.29, 0.717) is 16.4 Å². The summed E-state index contributed by atoms with van der Waals surface area (Å²) in [5.74, 6) is 0.625. The first-order chi connectivity index (χ1) is 14.1. The minimum atomic E-state index is -3.62. The summed E-state index contributed by atoms with van der Waals surface area (Å²) >= 11 is 0. The molecule has 0 fully saturated rings. The van der Waals surface area contributed by atoms with Crippen LogP contribution >= 0.6 is 0 Å². The van der Waals surface area contributed by atoms with Gasteiger partial charge in [-0.3, -0.25) is 9.12 Å². The Kier molecular flexibility index (Phi) is 4.32. The Labute approximate surface area is 169 Å². The molecule has 0 aliphatic heterocycles. The van der Waals surface area contributed by atoms with Crippen LogP contribution < -0.4 is 4.72 Å². The van der Waals surface area contributed by atoms with Crippen LogP contribution in [0.25, 0.3) is 17.0 Å². The fraction of sp³-hybridized carbons (Fsp3) is 0.182. The fourth-order valence-corrected chi connectivity index (χ4v) is 4.88. The first kappa shape index (κ1) is 17.9. The van der Waals surface area contributed by atoms with Crippen molar-refractivity contribution in [1.29, 1.82) is 0 Å². The molecular weight excluding hydrogens is 384 g/mol. The molecule has 0 radical (unpaired) electrons. The second-order valence-electron chi connectivity index (χ2n) is 7.27. The number of fused-ring (bicyclic) bond motifs is 2. The maximum absolute atomic E-state index is 12.8. The van der Waals surface area contributed by atoms with Crippen LogP contribution in [-0.2, 0) is 22.9 Å². The smallest absolute Gasteiger partial charge is 0.261 e. The summed E-state index contributed by atoms with van der Waals surface area (Å²) in [7, 11) is -3.62. The van der Waals surface area contributed by atoms with Gasteiger partial charge in [0.25, 0.3) is 10.0 Å². The molecule has 146 valence electrons. The molecule has 0 saturated heterocycles. The molecular formula is C22H20N4O2S. The third kappa shape index (κ3) is 3.49. The van der Waals surface area contributed by atoms with Crippen molar-refractivity contribution in [2.24, 2.45) is 0 Å². The Hall–Kier alpha value is -3.19. The van der Waals surface area contributed by atoms with Crippen molar-refractivity contribution in [2.75, 3.05) is 4.72 Å². The van der Waals surface area contributed by atoms with Crippen molar-refractivity contribution in [3.63, 3.8) is 0 Å². The number of aryl methyl sites for hydroxylation is 2. The van der Waals surface area contributed by atoms with E-state index >= 15 is 0 Å². The van der Waals surface area contributed by atoms with Crippen LogP contribution in [0, 0.1) is 0 Å². The number of imidazole rings is 1. The van der Waals surface area contributed by atoms with Gasteiger partial charge in [0, 0.05) is 29.8 Å². The van der Waals surface area contributed by atoms with Gasteiger partial charge in [0.05, 0.1) is 10.6 Å². The molecule has 0 amide bonds. The van der Waals surface area contributed by atoms with Gasteiger partial charge >= 0.3 is 0 Å². The fourth-order valence-electron chi connectivity index (χ4n) is 3.77. The van der Waals surface area contributed by atoms with E-state index in [2.05, 4.69) is 14.7 Å². The zero-order valence-electron chi connectivity index (χ0n) is 15.7. The van der Waals surface area contributed by atoms with Crippen LogP contribution in [0.5, 0.6) is 0 Å². The number of benzene rings is 2. The van der Waals surface area contributed by atoms with Gasteiger partial charge in [0.15, 0.2) is 0 Å². The van der Waals surface area contributed by atoms with Crippen LogP contribution in [-0.4, -0.2) is 22.8 Å². The van der Waals surface area contributed by atoms with Crippen LogP contribution in [0.1, 0.15) is 24.0 Å². The molecule has 0 atom stereocenters. The van der Waals surface area contributed by atoms with Crippen LogP contribution in [0.3, 0.4) is 0 Å². The molecule has 4 aromatic rings. The molecule has 7 heteroatoms. The highest BCUT2D eigenvalue weighted by atomic mass is 32.2. The van der Waals surface area contributed by atoms with Crippen molar-refractivity contribution < 1.29 is 8.42 Å². The summed E-state index contributed by atoms with van der Waals surface area (Å²) in [5, 5.41) is 0. The molecule has 2 heterocycles. The van der Waals surface area contributed by atoms with Gasteiger partial charge < -0.3 is 0 Å². The van der Waals surface area contributed by atoms with E-state index in [0.717, 1.165) is 36.1 Å². The van der Waals surface area contributed by atoms with Crippen molar-refractivity contribution in [1.82, 2.24) is 14.4 Å². The van der Waals surface area contributed by atoms with Crippen LogP contribution in [0.2, 0.25) is 0 Å². The number of aromatic nitrogens is 3. The molecule has 2 aromatic heterocycles. The van der Waals surface area contributed by atoms with E-state index in [1.54, 1.807) is 24.4 Å². The number of rotatable bonds is 4. The zero-order valence-corrected chi connectivity index (χ0v) is 16.6. The summed E-state index contributed by atoms with van der Waals surface area (Å²) in [5.41, 5.74) is 4.62. The normalized spacial score (nSPS) is 13.9. The summed E-state index contributed by atoms with van der Waals surface area (Å²) in [6.07, 6.45) is 9.75. The highest BCUT2D eigenvalue weighted by molar-refractivity contribution is 7.92. The lowest BCUT2D eigenvalue weighted by Crippen LogP contribution is -2.14. The molecule has 29 heavy (non-hydrogen) atoms. The average Bonchev–Trinajstić information content (AvgIpc) is 3.18. The summed E-state index contributed by atoms with van der Waals surface area (Å²) < 4.78 is 30.2. The van der Waals surface area contributed by atoms with E-state index in [9.17, 15) is 8.42 Å². The van der Waals surface area contributed by atoms with Crippen LogP contribution in [0.4, 0.5) is 5.69 Å². The standard InChI is InChI=1S/C22H20N4O2S/c27-29(28,20-11-8-16-4-1-2-5-18(16)14-20)25-19-9-6-17(7-10-19)21-15-26-13-3-12-23-22(26)24-21/h3,6-15,25H,1-2,4-5H2. The number of hydrogen-bond donors (Lipinski definition) is 1. The molecule has 0 spiro atoms. The third-order valence-electron chi connectivity index (χ3n) is 5.30. The number of nitrogens with zero attached hydrogens (tertiary/aromatic N) is 3. The highest BCUT2D eigenvalue weighted by Gasteiger charge is 2.18. The number of sulfonamides is 1. The van der Waals surface area contributed by atoms with Gasteiger partial charge in [0.1, 0.15) is 0 Å². The monoisotopic (exact) mass is 404 g/mol. The number of anilines is 1. The van der Waals surface area contributed by atoms with Crippen molar-refractivity contribution in [2.45, 2.75) is 30.6 Å². The Morgan fingerprint density at radius 3 is 2.55 bits per heavy atom. The van der Waals surface area contributed by atoms with Gasteiger partial charge in [-0.1, -0.05) is 18.2 Å². The van der Waals surface area contributed by atoms with E-state index in [1.165, 1.54) is 12.0 Å². The van der Waals surface area contributed by atoms with Crippen molar-refractivity contribution in [3.8, 4) is 11.3 Å². The Morgan fingerprint density at radius 1 is 0.966 bits per heavy atom. The quantitative estimate of drug-likeness (QED) is 0.556. The molecule has 0 saturated carbocycles. The maximum atomic E-state index is 12.8. The first-order valence-corrected chi connectivity index (χ1v) is 11.1. The largest absolute Gasteiger partial charge is 0.291 e. The van der Waals surface area contributed by atoms with E-state index < -0.39 is 10.0 Å². The van der Waals surface area contributed by atoms with Gasteiger partial charge in [-0.15, -0.1) is 0 Å². The first-order valence-electron chi connectivity index (χ1n) is 9.63. The lowest BCUT2D eigenvalue weighted by atomic mass is 9.92. The van der Waals surface area contributed by atoms with E-state index in [1.807, 2.05) is 47.1 Å². The second-order valence-corrected chi connectivity index (χ2v) is 8.96. The Balaban J connectivity index is 1.38. The Morgan fingerprint density at radius 2 is 1.76 bits per heavy atom. The number of hydrogen-bond acceptors (Lipinski definition) is 4. The Bertz CT molecular complexity index is 1260. The third-order valence-corrected chi connectivity index (χ3v) is 6.68. The minimum absolute atomic E-state index is 0.314.